The van der Waals surface area contributed by atoms with Gasteiger partial charge in [-0.25, -0.2) is 0 Å². The van der Waals surface area contributed by atoms with Crippen LogP contribution in [-0.2, 0) is 4.79 Å². The molecule has 0 aromatic carbocycles. The number of rotatable bonds is 4. The number of amides is 1. The lowest BCUT2D eigenvalue weighted by Gasteiger charge is -2.34. The second kappa shape index (κ2) is 5.93. The van der Waals surface area contributed by atoms with Crippen LogP contribution in [0, 0.1) is 0 Å². The minimum absolute atomic E-state index is 0.213. The molecule has 4 nitrogen and oxygen atoms in total. The maximum atomic E-state index is 11.9. The first-order chi connectivity index (χ1) is 6.77. The van der Waals surface area contributed by atoms with Gasteiger partial charge in [-0.05, 0) is 6.42 Å². The van der Waals surface area contributed by atoms with E-state index in [1.165, 1.54) is 0 Å². The van der Waals surface area contributed by atoms with E-state index in [2.05, 4.69) is 4.90 Å². The number of alkyl halides is 1. The summed E-state index contributed by atoms with van der Waals surface area (Å²) in [6.07, 6.45) is 0.563. The Morgan fingerprint density at radius 1 is 1.29 bits per heavy atom. The molecule has 0 bridgehead atoms. The molecule has 1 heterocycles. The van der Waals surface area contributed by atoms with Crippen molar-refractivity contribution >= 4 is 5.91 Å². The van der Waals surface area contributed by atoms with Crippen LogP contribution in [0.5, 0.6) is 0 Å². The summed E-state index contributed by atoms with van der Waals surface area (Å²) >= 11 is 0. The van der Waals surface area contributed by atoms with E-state index in [1.54, 1.807) is 4.90 Å². The molecule has 1 fully saturated rings. The van der Waals surface area contributed by atoms with Crippen molar-refractivity contribution in [2.45, 2.75) is 6.42 Å². The van der Waals surface area contributed by atoms with Crippen LogP contribution in [0.4, 0.5) is 4.39 Å². The molecule has 82 valence electrons. The van der Waals surface area contributed by atoms with Gasteiger partial charge < -0.3 is 10.0 Å². The lowest BCUT2D eigenvalue weighted by atomic mass is 10.3. The Labute approximate surface area is 83.3 Å². The quantitative estimate of drug-likeness (QED) is 0.670. The van der Waals surface area contributed by atoms with Crippen LogP contribution >= 0.6 is 0 Å². The van der Waals surface area contributed by atoms with Crippen LogP contribution in [0.2, 0.25) is 0 Å². The minimum atomic E-state index is -0.412. The van der Waals surface area contributed by atoms with Gasteiger partial charge in [-0.3, -0.25) is 14.1 Å². The largest absolute Gasteiger partial charge is 0.387 e. The number of nitrogens with zero attached hydrogens (tertiary/aromatic N) is 2. The topological polar surface area (TPSA) is 43.8 Å². The van der Waals surface area contributed by atoms with E-state index < -0.39 is 6.61 Å². The zero-order valence-corrected chi connectivity index (χ0v) is 8.28. The highest BCUT2D eigenvalue weighted by atomic mass is 19.1. The van der Waals surface area contributed by atoms with Crippen molar-refractivity contribution in [2.75, 3.05) is 46.0 Å². The molecule has 1 amide bonds. The van der Waals surface area contributed by atoms with E-state index in [-0.39, 0.29) is 12.6 Å². The molecule has 1 aliphatic rings. The van der Waals surface area contributed by atoms with Gasteiger partial charge in [0.05, 0.1) is 6.67 Å². The Morgan fingerprint density at radius 2 is 1.93 bits per heavy atom. The summed E-state index contributed by atoms with van der Waals surface area (Å²) in [6.45, 7) is 2.92. The fourth-order valence-corrected chi connectivity index (χ4v) is 1.60. The zero-order chi connectivity index (χ0) is 10.4. The molecule has 0 atom stereocenters. The molecule has 0 aliphatic carbocycles. The van der Waals surface area contributed by atoms with E-state index in [0.29, 0.717) is 19.5 Å². The molecule has 14 heavy (non-hydrogen) atoms. The third kappa shape index (κ3) is 3.23. The van der Waals surface area contributed by atoms with Gasteiger partial charge in [0, 0.05) is 32.7 Å². The fourth-order valence-electron chi connectivity index (χ4n) is 1.60. The van der Waals surface area contributed by atoms with Crippen LogP contribution in [0.15, 0.2) is 0 Å². The predicted octanol–water partition coefficient (Wildman–Crippen LogP) is -0.518. The second-order valence-corrected chi connectivity index (χ2v) is 3.42. The van der Waals surface area contributed by atoms with E-state index in [1.807, 2.05) is 0 Å². The van der Waals surface area contributed by atoms with Crippen molar-refractivity contribution in [3.63, 3.8) is 0 Å². The van der Waals surface area contributed by atoms with E-state index >= 15 is 0 Å². The van der Waals surface area contributed by atoms with Gasteiger partial charge in [0.25, 0.3) is 0 Å². The highest BCUT2D eigenvalue weighted by Crippen LogP contribution is 2.02. The summed E-state index contributed by atoms with van der Waals surface area (Å²) in [5.41, 5.74) is 0. The Balaban J connectivity index is 2.20. The number of hydrogen-bond acceptors (Lipinski definition) is 3. The monoisotopic (exact) mass is 204 g/mol. The molecule has 0 saturated carbocycles. The lowest BCUT2D eigenvalue weighted by molar-refractivity contribution is -0.135. The summed E-state index contributed by atoms with van der Waals surface area (Å²) in [4.78, 5) is 14.9. The van der Waals surface area contributed by atoms with Crippen molar-refractivity contribution in [2.24, 2.45) is 0 Å². The molecule has 0 aromatic rings. The summed E-state index contributed by atoms with van der Waals surface area (Å²) in [5.74, 6) is -0.213. The molecule has 0 unspecified atom stereocenters. The van der Waals surface area contributed by atoms with Crippen molar-refractivity contribution in [3.8, 4) is 0 Å². The normalized spacial score (nSPS) is 18.6. The maximum absolute atomic E-state index is 11.9. The molecule has 0 aromatic heterocycles. The lowest BCUT2D eigenvalue weighted by Crippen LogP contribution is -2.49. The van der Waals surface area contributed by atoms with Crippen LogP contribution in [0.3, 0.4) is 0 Å². The molecule has 0 radical (unpaired) electrons. The number of carbonyl (C=O) groups is 1. The van der Waals surface area contributed by atoms with Crippen LogP contribution in [-0.4, -0.2) is 66.8 Å². The van der Waals surface area contributed by atoms with Gasteiger partial charge in [-0.2, -0.15) is 0 Å². The van der Waals surface area contributed by atoms with Crippen LogP contribution in [0.1, 0.15) is 6.42 Å². The summed E-state index contributed by atoms with van der Waals surface area (Å²) in [7, 11) is 0. The third-order valence-corrected chi connectivity index (χ3v) is 2.47. The third-order valence-electron chi connectivity index (χ3n) is 2.47. The standard InChI is InChI=1S/C9H17FN2O2/c10-2-1-3-11-4-6-12(7-5-11)9(14)8-13/h13H,1-8H2. The molecular weight excluding hydrogens is 187 g/mol. The Kier molecular flexibility index (Phi) is 4.82. The summed E-state index contributed by atoms with van der Waals surface area (Å²) in [5, 5.41) is 8.64. The molecule has 1 aliphatic heterocycles. The predicted molar refractivity (Wildman–Crippen MR) is 50.7 cm³/mol. The van der Waals surface area contributed by atoms with Crippen molar-refractivity contribution in [1.82, 2.24) is 9.80 Å². The average molecular weight is 204 g/mol. The molecule has 5 heteroatoms. The number of piperazine rings is 1. The first-order valence-corrected chi connectivity index (χ1v) is 4.95. The second-order valence-electron chi connectivity index (χ2n) is 3.42. The van der Waals surface area contributed by atoms with Gasteiger partial charge >= 0.3 is 0 Å². The first-order valence-electron chi connectivity index (χ1n) is 4.95. The van der Waals surface area contributed by atoms with Gasteiger partial charge in [-0.15, -0.1) is 0 Å². The highest BCUT2D eigenvalue weighted by Gasteiger charge is 2.19. The minimum Gasteiger partial charge on any atom is -0.387 e. The van der Waals surface area contributed by atoms with Gasteiger partial charge in [0.1, 0.15) is 6.61 Å². The van der Waals surface area contributed by atoms with E-state index in [4.69, 9.17) is 5.11 Å². The molecule has 1 N–H and O–H groups in total. The van der Waals surface area contributed by atoms with Gasteiger partial charge in [0.2, 0.25) is 5.91 Å². The molecular formula is C9H17FN2O2. The number of halogens is 1. The van der Waals surface area contributed by atoms with Gasteiger partial charge in [0.15, 0.2) is 0 Å². The summed E-state index contributed by atoms with van der Waals surface area (Å²) in [6, 6.07) is 0. The SMILES string of the molecule is O=C(CO)N1CCN(CCCF)CC1. The number of carbonyl (C=O) groups excluding carboxylic acids is 1. The highest BCUT2D eigenvalue weighted by molar-refractivity contribution is 5.77. The van der Waals surface area contributed by atoms with Crippen molar-refractivity contribution in [3.05, 3.63) is 0 Å². The Bertz CT molecular complexity index is 182. The average Bonchev–Trinajstić information content (AvgIpc) is 2.26. The zero-order valence-electron chi connectivity index (χ0n) is 8.28. The van der Waals surface area contributed by atoms with Crippen LogP contribution in [0.25, 0.3) is 0 Å². The number of hydrogen-bond donors (Lipinski definition) is 1. The molecule has 0 spiro atoms. The molecule has 1 saturated heterocycles. The Morgan fingerprint density at radius 3 is 2.43 bits per heavy atom. The molecule has 1 rings (SSSR count). The fraction of sp³-hybridized carbons (Fsp3) is 0.889. The summed E-state index contributed by atoms with van der Waals surface area (Å²) < 4.78 is 11.9. The van der Waals surface area contributed by atoms with Gasteiger partial charge in [-0.1, -0.05) is 0 Å². The maximum Gasteiger partial charge on any atom is 0.248 e. The number of aliphatic hydroxyl groups excluding tert-OH is 1. The van der Waals surface area contributed by atoms with Crippen molar-refractivity contribution in [1.29, 1.82) is 0 Å². The smallest absolute Gasteiger partial charge is 0.248 e. The Hall–Kier alpha value is -0.680. The van der Waals surface area contributed by atoms with Crippen molar-refractivity contribution < 1.29 is 14.3 Å². The first kappa shape index (κ1) is 11.4. The van der Waals surface area contributed by atoms with E-state index in [9.17, 15) is 9.18 Å². The number of aliphatic hydroxyl groups is 1. The van der Waals surface area contributed by atoms with Crippen LogP contribution < -0.4 is 0 Å². The van der Waals surface area contributed by atoms with E-state index in [0.717, 1.165) is 19.6 Å².